The Morgan fingerprint density at radius 1 is 1.15 bits per heavy atom. The summed E-state index contributed by atoms with van der Waals surface area (Å²) in [5.74, 6) is -1.41. The highest BCUT2D eigenvalue weighted by Gasteiger charge is 2.39. The van der Waals surface area contributed by atoms with Crippen LogP contribution in [0.5, 0.6) is 5.75 Å². The molecule has 6 N–H and O–H groups in total. The highest BCUT2D eigenvalue weighted by atomic mass is 19.1. The number of urea groups is 1. The monoisotopic (exact) mass is 542 g/mol. The number of halogens is 1. The second-order valence-electron chi connectivity index (χ2n) is 9.40. The first-order chi connectivity index (χ1) is 18.6. The largest absolute Gasteiger partial charge is 0.497 e. The first-order valence-corrected chi connectivity index (χ1v) is 12.6. The molecule has 0 aliphatic carbocycles. The lowest BCUT2D eigenvalue weighted by molar-refractivity contribution is -0.144. The van der Waals surface area contributed by atoms with Crippen molar-refractivity contribution >= 4 is 29.4 Å². The lowest BCUT2D eigenvalue weighted by atomic mass is 9.95. The molecule has 2 aromatic rings. The molecule has 3 rings (SSSR count). The number of ether oxygens (including phenoxy) is 1. The molecule has 1 aliphatic heterocycles. The average Bonchev–Trinajstić information content (AvgIpc) is 2.92. The number of carbonyl (C=O) groups is 4. The van der Waals surface area contributed by atoms with Crippen LogP contribution in [0.25, 0.3) is 0 Å². The van der Waals surface area contributed by atoms with Gasteiger partial charge in [-0.2, -0.15) is 0 Å². The highest BCUT2D eigenvalue weighted by Crippen LogP contribution is 2.21. The van der Waals surface area contributed by atoms with E-state index in [4.69, 9.17) is 10.5 Å². The number of rotatable bonds is 10. The van der Waals surface area contributed by atoms with Crippen LogP contribution >= 0.6 is 0 Å². The van der Waals surface area contributed by atoms with E-state index in [-0.39, 0.29) is 31.0 Å². The van der Waals surface area contributed by atoms with Gasteiger partial charge in [0.2, 0.25) is 17.7 Å². The number of likely N-dealkylation sites (tertiary alicyclic amines) is 1. The summed E-state index contributed by atoms with van der Waals surface area (Å²) in [4.78, 5) is 52.7. The van der Waals surface area contributed by atoms with Crippen LogP contribution in [-0.4, -0.2) is 73.5 Å². The van der Waals surface area contributed by atoms with E-state index in [0.717, 1.165) is 5.56 Å². The van der Waals surface area contributed by atoms with Crippen LogP contribution in [0, 0.1) is 5.82 Å². The van der Waals surface area contributed by atoms with Crippen LogP contribution in [-0.2, 0) is 20.8 Å². The van der Waals surface area contributed by atoms with Gasteiger partial charge in [0, 0.05) is 24.7 Å². The smallest absolute Gasteiger partial charge is 0.319 e. The summed E-state index contributed by atoms with van der Waals surface area (Å²) in [7, 11) is 3.18. The maximum Gasteiger partial charge on any atom is 0.319 e. The minimum Gasteiger partial charge on any atom is -0.497 e. The molecule has 0 radical (unpaired) electrons. The highest BCUT2D eigenvalue weighted by molar-refractivity contribution is 5.93. The van der Waals surface area contributed by atoms with E-state index in [2.05, 4.69) is 21.3 Å². The fourth-order valence-electron chi connectivity index (χ4n) is 4.39. The van der Waals surface area contributed by atoms with E-state index in [1.807, 2.05) is 0 Å². The molecule has 0 unspecified atom stereocenters. The van der Waals surface area contributed by atoms with Crippen molar-refractivity contribution in [2.24, 2.45) is 5.73 Å². The van der Waals surface area contributed by atoms with Crippen LogP contribution in [0.1, 0.15) is 25.3 Å². The Bertz CT molecular complexity index is 1180. The van der Waals surface area contributed by atoms with Crippen LogP contribution in [0.2, 0.25) is 0 Å². The van der Waals surface area contributed by atoms with Crippen molar-refractivity contribution in [1.29, 1.82) is 0 Å². The number of likely N-dealkylation sites (N-methyl/N-ethyl adjacent to an activating group) is 1. The van der Waals surface area contributed by atoms with Crippen LogP contribution in [0.3, 0.4) is 0 Å². The first kappa shape index (κ1) is 29.4. The SMILES string of the molecule is CN[C@@H](C)C(=O)N1CC[C@H](NC(=O)Nc2cccc(F)c2)C[C@H]1C(=O)N[C@@H](Cc1ccc(OC)cc1)C(N)=O. The van der Waals surface area contributed by atoms with Gasteiger partial charge in [-0.05, 0) is 62.7 Å². The van der Waals surface area contributed by atoms with Gasteiger partial charge < -0.3 is 36.6 Å². The standard InChI is InChI=1S/C27H35FN6O5/c1-16(30-2)26(37)34-12-11-20(32-27(38)31-19-6-4-5-18(28)14-19)15-23(34)25(36)33-22(24(29)35)13-17-7-9-21(39-3)10-8-17/h4-10,14,16,20,22-23,30H,11-13,15H2,1-3H3,(H2,29,35)(H,33,36)(H2,31,32,38)/t16-,20-,22-,23-/m0/s1. The van der Waals surface area contributed by atoms with Gasteiger partial charge in [0.15, 0.2) is 0 Å². The summed E-state index contributed by atoms with van der Waals surface area (Å²) in [6.07, 6.45) is 0.655. The zero-order chi connectivity index (χ0) is 28.5. The van der Waals surface area contributed by atoms with Gasteiger partial charge >= 0.3 is 6.03 Å². The third-order valence-corrected chi connectivity index (χ3v) is 6.67. The lowest BCUT2D eigenvalue weighted by Crippen LogP contribution is -2.61. The molecule has 210 valence electrons. The Labute approximate surface area is 226 Å². The third-order valence-electron chi connectivity index (χ3n) is 6.67. The molecular formula is C27H35FN6O5. The molecule has 39 heavy (non-hydrogen) atoms. The Kier molecular flexibility index (Phi) is 10.2. The van der Waals surface area contributed by atoms with E-state index >= 15 is 0 Å². The Morgan fingerprint density at radius 2 is 1.87 bits per heavy atom. The van der Waals surface area contributed by atoms with Crippen molar-refractivity contribution in [2.45, 2.75) is 50.4 Å². The second kappa shape index (κ2) is 13.6. The molecule has 4 atom stereocenters. The molecule has 1 fully saturated rings. The van der Waals surface area contributed by atoms with Crippen molar-refractivity contribution < 1.29 is 28.3 Å². The van der Waals surface area contributed by atoms with Crippen molar-refractivity contribution in [3.05, 3.63) is 59.9 Å². The van der Waals surface area contributed by atoms with E-state index < -0.39 is 47.8 Å². The summed E-state index contributed by atoms with van der Waals surface area (Å²) in [5.41, 5.74) is 6.63. The van der Waals surface area contributed by atoms with Crippen LogP contribution < -0.4 is 31.7 Å². The number of anilines is 1. The van der Waals surface area contributed by atoms with Gasteiger partial charge in [0.25, 0.3) is 0 Å². The van der Waals surface area contributed by atoms with Crippen LogP contribution in [0.4, 0.5) is 14.9 Å². The van der Waals surface area contributed by atoms with Crippen molar-refractivity contribution in [1.82, 2.24) is 20.9 Å². The molecule has 1 aliphatic rings. The van der Waals surface area contributed by atoms with Gasteiger partial charge in [-0.1, -0.05) is 18.2 Å². The molecule has 2 aromatic carbocycles. The average molecular weight is 543 g/mol. The number of piperidine rings is 1. The normalized spacial score (nSPS) is 18.4. The maximum atomic E-state index is 13.5. The van der Waals surface area contributed by atoms with E-state index in [1.54, 1.807) is 51.4 Å². The molecule has 5 amide bonds. The second-order valence-corrected chi connectivity index (χ2v) is 9.40. The summed E-state index contributed by atoms with van der Waals surface area (Å²) in [6, 6.07) is 8.92. The molecule has 1 heterocycles. The number of benzene rings is 2. The van der Waals surface area contributed by atoms with E-state index in [1.165, 1.54) is 23.1 Å². The fourth-order valence-corrected chi connectivity index (χ4v) is 4.39. The number of hydrogen-bond acceptors (Lipinski definition) is 6. The van der Waals surface area contributed by atoms with E-state index in [9.17, 15) is 23.6 Å². The van der Waals surface area contributed by atoms with Crippen molar-refractivity contribution in [2.75, 3.05) is 26.0 Å². The maximum absolute atomic E-state index is 13.5. The van der Waals surface area contributed by atoms with Crippen molar-refractivity contribution in [3.8, 4) is 5.75 Å². The number of nitrogens with one attached hydrogen (secondary N) is 4. The van der Waals surface area contributed by atoms with Gasteiger partial charge in [-0.15, -0.1) is 0 Å². The number of primary amides is 1. The fraction of sp³-hybridized carbons (Fsp3) is 0.407. The summed E-state index contributed by atoms with van der Waals surface area (Å²) in [5, 5.41) is 10.9. The lowest BCUT2D eigenvalue weighted by Gasteiger charge is -2.40. The minimum atomic E-state index is -1.02. The van der Waals surface area contributed by atoms with Gasteiger partial charge in [0.1, 0.15) is 23.7 Å². The number of nitrogens with two attached hydrogens (primary N) is 1. The molecule has 0 saturated carbocycles. The van der Waals surface area contributed by atoms with Crippen molar-refractivity contribution in [3.63, 3.8) is 0 Å². The number of amides is 5. The predicted octanol–water partition coefficient (Wildman–Crippen LogP) is 1.14. The number of nitrogens with zero attached hydrogens (tertiary/aromatic N) is 1. The van der Waals surface area contributed by atoms with Gasteiger partial charge in [-0.25, -0.2) is 9.18 Å². The molecule has 0 aromatic heterocycles. The first-order valence-electron chi connectivity index (χ1n) is 12.6. The third kappa shape index (κ3) is 8.14. The van der Waals surface area contributed by atoms with Gasteiger partial charge in [0.05, 0.1) is 13.2 Å². The number of carbonyl (C=O) groups excluding carboxylic acids is 4. The zero-order valence-corrected chi connectivity index (χ0v) is 22.2. The predicted molar refractivity (Wildman–Crippen MR) is 143 cm³/mol. The number of methoxy groups -OCH3 is 1. The topological polar surface area (TPSA) is 155 Å². The summed E-state index contributed by atoms with van der Waals surface area (Å²) >= 11 is 0. The quantitative estimate of drug-likeness (QED) is 0.303. The minimum absolute atomic E-state index is 0.110. The molecular weight excluding hydrogens is 507 g/mol. The zero-order valence-electron chi connectivity index (χ0n) is 22.2. The Morgan fingerprint density at radius 3 is 2.49 bits per heavy atom. The summed E-state index contributed by atoms with van der Waals surface area (Å²) in [6.45, 7) is 1.89. The molecule has 12 heteroatoms. The Hall–Kier alpha value is -4.19. The molecule has 1 saturated heterocycles. The van der Waals surface area contributed by atoms with Gasteiger partial charge in [-0.3, -0.25) is 14.4 Å². The Balaban J connectivity index is 1.73. The molecule has 11 nitrogen and oxygen atoms in total. The molecule has 0 bridgehead atoms. The van der Waals surface area contributed by atoms with Crippen LogP contribution in [0.15, 0.2) is 48.5 Å². The molecule has 0 spiro atoms. The number of hydrogen-bond donors (Lipinski definition) is 5. The van der Waals surface area contributed by atoms with E-state index in [0.29, 0.717) is 12.2 Å². The summed E-state index contributed by atoms with van der Waals surface area (Å²) < 4.78 is 18.6.